The van der Waals surface area contributed by atoms with Crippen molar-refractivity contribution in [1.29, 1.82) is 5.41 Å². The lowest BCUT2D eigenvalue weighted by Gasteiger charge is -2.13. The smallest absolute Gasteiger partial charge is 0.256 e. The predicted molar refractivity (Wildman–Crippen MR) is 90.6 cm³/mol. The number of H-pyrrole nitrogens is 2. The van der Waals surface area contributed by atoms with Crippen molar-refractivity contribution in [3.05, 3.63) is 58.1 Å². The molecule has 6 heteroatoms. The second-order valence-corrected chi connectivity index (χ2v) is 5.50. The minimum atomic E-state index is -0.199. The molecule has 3 N–H and O–H groups in total. The lowest BCUT2D eigenvalue weighted by atomic mass is 9.96. The fourth-order valence-electron chi connectivity index (χ4n) is 2.71. The Balaban J connectivity index is 2.44. The summed E-state index contributed by atoms with van der Waals surface area (Å²) >= 11 is 0. The number of hydrogen-bond acceptors (Lipinski definition) is 3. The normalized spacial score (nSPS) is 12.0. The van der Waals surface area contributed by atoms with E-state index in [9.17, 15) is 4.79 Å². The molecule has 0 fully saturated rings. The van der Waals surface area contributed by atoms with Crippen LogP contribution >= 0.6 is 0 Å². The van der Waals surface area contributed by atoms with Gasteiger partial charge >= 0.3 is 0 Å². The van der Waals surface area contributed by atoms with Crippen molar-refractivity contribution in [1.82, 2.24) is 15.0 Å². The lowest BCUT2D eigenvalue weighted by molar-refractivity contribution is 0.820. The minimum Gasteiger partial charge on any atom is -0.325 e. The number of aromatic amines is 2. The van der Waals surface area contributed by atoms with Crippen LogP contribution < -0.4 is 11.2 Å². The zero-order valence-corrected chi connectivity index (χ0v) is 12.9. The van der Waals surface area contributed by atoms with Gasteiger partial charge in [-0.1, -0.05) is 32.0 Å². The van der Waals surface area contributed by atoms with Crippen LogP contribution in [0, 0.1) is 5.41 Å². The van der Waals surface area contributed by atoms with E-state index >= 15 is 0 Å². The maximum atomic E-state index is 12.5. The third-order valence-corrected chi connectivity index (χ3v) is 3.68. The van der Waals surface area contributed by atoms with Crippen molar-refractivity contribution in [2.24, 2.45) is 4.99 Å². The van der Waals surface area contributed by atoms with Crippen molar-refractivity contribution >= 4 is 17.2 Å². The molecule has 0 bridgehead atoms. The number of pyridine rings is 1. The van der Waals surface area contributed by atoms with Gasteiger partial charge in [-0.2, -0.15) is 0 Å². The number of fused-ring (bicyclic) bond motifs is 1. The molecule has 0 radical (unpaired) electrons. The maximum Gasteiger partial charge on any atom is 0.256 e. The molecule has 0 aliphatic heterocycles. The number of benzene rings is 1. The average Bonchev–Trinajstić information content (AvgIpc) is 2.53. The number of nitrogens with one attached hydrogen (secondary N) is 3. The Kier molecular flexibility index (Phi) is 3.89. The van der Waals surface area contributed by atoms with Crippen LogP contribution in [0.1, 0.15) is 25.3 Å². The second kappa shape index (κ2) is 6.00. The first kappa shape index (κ1) is 14.9. The van der Waals surface area contributed by atoms with Crippen LogP contribution in [0.3, 0.4) is 0 Å². The Labute approximate surface area is 132 Å². The SMILES string of the molecule is CC(C)c1c(-c2ccnc3ccccc23)[nH]/c(=N/C=N)[nH]c1=O. The molecule has 3 rings (SSSR count). The molecule has 3 aromatic rings. The van der Waals surface area contributed by atoms with Crippen molar-refractivity contribution in [3.63, 3.8) is 0 Å². The predicted octanol–water partition coefficient (Wildman–Crippen LogP) is 2.55. The molecule has 0 aliphatic rings. The molecule has 6 nitrogen and oxygen atoms in total. The third kappa shape index (κ3) is 2.70. The van der Waals surface area contributed by atoms with Crippen LogP contribution in [-0.2, 0) is 0 Å². The summed E-state index contributed by atoms with van der Waals surface area (Å²) in [7, 11) is 0. The van der Waals surface area contributed by atoms with Crippen LogP contribution in [0.15, 0.2) is 46.3 Å². The summed E-state index contributed by atoms with van der Waals surface area (Å²) in [6.45, 7) is 3.94. The molecule has 0 atom stereocenters. The number of nitrogens with zero attached hydrogens (tertiary/aromatic N) is 2. The molecule has 2 heterocycles. The molecule has 0 aliphatic carbocycles. The summed E-state index contributed by atoms with van der Waals surface area (Å²) in [5.41, 5.74) is 3.18. The third-order valence-electron chi connectivity index (χ3n) is 3.68. The molecule has 0 amide bonds. The Morgan fingerprint density at radius 3 is 2.74 bits per heavy atom. The van der Waals surface area contributed by atoms with E-state index in [1.807, 2.05) is 44.2 Å². The van der Waals surface area contributed by atoms with Crippen LogP contribution in [0.4, 0.5) is 0 Å². The Morgan fingerprint density at radius 1 is 1.22 bits per heavy atom. The topological polar surface area (TPSA) is 97.8 Å². The highest BCUT2D eigenvalue weighted by Gasteiger charge is 2.16. The summed E-state index contributed by atoms with van der Waals surface area (Å²) in [6, 6.07) is 9.67. The highest BCUT2D eigenvalue weighted by atomic mass is 16.1. The van der Waals surface area contributed by atoms with Crippen molar-refractivity contribution in [3.8, 4) is 11.3 Å². The first-order valence-corrected chi connectivity index (χ1v) is 7.35. The first-order valence-electron chi connectivity index (χ1n) is 7.35. The van der Waals surface area contributed by atoms with E-state index < -0.39 is 0 Å². The molecular formula is C17H17N5O. The number of aromatic nitrogens is 3. The van der Waals surface area contributed by atoms with E-state index in [1.165, 1.54) is 0 Å². The molecule has 2 aromatic heterocycles. The number of rotatable bonds is 3. The highest BCUT2D eigenvalue weighted by Crippen LogP contribution is 2.29. The van der Waals surface area contributed by atoms with Gasteiger partial charge in [0.2, 0.25) is 5.62 Å². The largest absolute Gasteiger partial charge is 0.325 e. The lowest BCUT2D eigenvalue weighted by Crippen LogP contribution is -2.28. The van der Waals surface area contributed by atoms with Gasteiger partial charge in [0.1, 0.15) is 6.34 Å². The zero-order valence-electron chi connectivity index (χ0n) is 12.9. The van der Waals surface area contributed by atoms with Crippen molar-refractivity contribution < 1.29 is 0 Å². The summed E-state index contributed by atoms with van der Waals surface area (Å²) in [6.07, 6.45) is 2.62. The molecule has 23 heavy (non-hydrogen) atoms. The average molecular weight is 307 g/mol. The van der Waals surface area contributed by atoms with Crippen LogP contribution in [-0.4, -0.2) is 21.3 Å². The van der Waals surface area contributed by atoms with Crippen LogP contribution in [0.2, 0.25) is 0 Å². The summed E-state index contributed by atoms with van der Waals surface area (Å²) in [5.74, 6) is 0.0333. The maximum absolute atomic E-state index is 12.5. The fraction of sp³-hybridized carbons (Fsp3) is 0.176. The van der Waals surface area contributed by atoms with Crippen molar-refractivity contribution in [2.45, 2.75) is 19.8 Å². The van der Waals surface area contributed by atoms with Gasteiger partial charge in [0.25, 0.3) is 5.56 Å². The number of hydrogen-bond donors (Lipinski definition) is 3. The first-order chi connectivity index (χ1) is 11.1. The van der Waals surface area contributed by atoms with Gasteiger partial charge in [-0.15, -0.1) is 0 Å². The molecular weight excluding hydrogens is 290 g/mol. The quantitative estimate of drug-likeness (QED) is 0.512. The number of para-hydroxylation sites is 1. The Hall–Kier alpha value is -3.02. The van der Waals surface area contributed by atoms with Gasteiger partial charge in [-0.3, -0.25) is 20.2 Å². The Morgan fingerprint density at radius 2 is 2.00 bits per heavy atom. The van der Waals surface area contributed by atoms with Crippen LogP contribution in [0.25, 0.3) is 22.2 Å². The van der Waals surface area contributed by atoms with Gasteiger partial charge in [-0.25, -0.2) is 4.99 Å². The molecule has 0 saturated heterocycles. The second-order valence-electron chi connectivity index (χ2n) is 5.50. The Bertz CT molecular complexity index is 992. The van der Waals surface area contributed by atoms with Crippen LogP contribution in [0.5, 0.6) is 0 Å². The van der Waals surface area contributed by atoms with E-state index in [-0.39, 0.29) is 17.1 Å². The minimum absolute atomic E-state index is 0.0333. The summed E-state index contributed by atoms with van der Waals surface area (Å²) in [4.78, 5) is 26.5. The van der Waals surface area contributed by atoms with Gasteiger partial charge in [0.15, 0.2) is 0 Å². The van der Waals surface area contributed by atoms with E-state index in [2.05, 4.69) is 19.9 Å². The fourth-order valence-corrected chi connectivity index (χ4v) is 2.71. The van der Waals surface area contributed by atoms with Gasteiger partial charge < -0.3 is 4.98 Å². The highest BCUT2D eigenvalue weighted by molar-refractivity contribution is 5.93. The van der Waals surface area contributed by atoms with Crippen molar-refractivity contribution in [2.75, 3.05) is 0 Å². The zero-order chi connectivity index (χ0) is 16.4. The molecule has 0 saturated carbocycles. The van der Waals surface area contributed by atoms with Gasteiger partial charge in [0, 0.05) is 22.7 Å². The molecule has 0 unspecified atom stereocenters. The molecule has 0 spiro atoms. The summed E-state index contributed by atoms with van der Waals surface area (Å²) < 4.78 is 0. The van der Waals surface area contributed by atoms with Gasteiger partial charge in [-0.05, 0) is 18.1 Å². The standard InChI is InChI=1S/C17H17N5O/c1-10(2)14-15(21-17(20-9-18)22-16(14)23)12-7-8-19-13-6-4-3-5-11(12)13/h3-10H,1-2H3,(H3,18,20,21,22,23). The molecule has 116 valence electrons. The summed E-state index contributed by atoms with van der Waals surface area (Å²) in [5, 5.41) is 8.07. The monoisotopic (exact) mass is 307 g/mol. The van der Waals surface area contributed by atoms with E-state index in [1.54, 1.807) is 6.20 Å². The van der Waals surface area contributed by atoms with Gasteiger partial charge in [0.05, 0.1) is 11.2 Å². The van der Waals surface area contributed by atoms with E-state index in [0.717, 1.165) is 22.8 Å². The molecule has 1 aromatic carbocycles. The van der Waals surface area contributed by atoms with E-state index in [4.69, 9.17) is 5.41 Å². The van der Waals surface area contributed by atoms with E-state index in [0.29, 0.717) is 11.3 Å².